The van der Waals surface area contributed by atoms with Gasteiger partial charge in [0.05, 0.1) is 27.1 Å². The number of nitro groups is 1. The summed E-state index contributed by atoms with van der Waals surface area (Å²) in [6.07, 6.45) is 0. The maximum atomic E-state index is 10.7. The van der Waals surface area contributed by atoms with Gasteiger partial charge in [-0.3, -0.25) is 10.1 Å². The van der Waals surface area contributed by atoms with Crippen LogP contribution < -0.4 is 4.74 Å². The van der Waals surface area contributed by atoms with E-state index in [0.717, 1.165) is 5.56 Å². The van der Waals surface area contributed by atoms with Gasteiger partial charge in [0, 0.05) is 11.6 Å². The zero-order valence-corrected chi connectivity index (χ0v) is 11.8. The first kappa shape index (κ1) is 14.0. The molecule has 0 N–H and O–H groups in total. The van der Waals surface area contributed by atoms with E-state index in [-0.39, 0.29) is 12.3 Å². The first-order valence-electron chi connectivity index (χ1n) is 5.66. The minimum Gasteiger partial charge on any atom is -0.487 e. The normalized spacial score (nSPS) is 9.80. The van der Waals surface area contributed by atoms with Gasteiger partial charge in [0.1, 0.15) is 12.4 Å². The summed E-state index contributed by atoms with van der Waals surface area (Å²) in [5, 5.41) is 19.7. The predicted octanol–water partition coefficient (Wildman–Crippen LogP) is 3.81. The van der Waals surface area contributed by atoms with E-state index in [1.165, 1.54) is 12.1 Å². The van der Waals surface area contributed by atoms with Crippen LogP contribution in [0.2, 0.25) is 0 Å². The zero-order chi connectivity index (χ0) is 14.5. The third-order valence-electron chi connectivity index (χ3n) is 2.65. The van der Waals surface area contributed by atoms with Crippen molar-refractivity contribution in [1.82, 2.24) is 0 Å². The second-order valence-corrected chi connectivity index (χ2v) is 4.78. The van der Waals surface area contributed by atoms with Crippen molar-refractivity contribution < 1.29 is 9.66 Å². The molecule has 0 heterocycles. The highest BCUT2D eigenvalue weighted by Crippen LogP contribution is 2.30. The molecule has 20 heavy (non-hydrogen) atoms. The van der Waals surface area contributed by atoms with Crippen LogP contribution in [0.5, 0.6) is 5.75 Å². The molecule has 100 valence electrons. The quantitative estimate of drug-likeness (QED) is 0.630. The fraction of sp³-hybridized carbons (Fsp3) is 0.0714. The lowest BCUT2D eigenvalue weighted by molar-refractivity contribution is -0.385. The molecule has 0 radical (unpaired) electrons. The van der Waals surface area contributed by atoms with Gasteiger partial charge in [0.25, 0.3) is 5.69 Å². The lowest BCUT2D eigenvalue weighted by atomic mass is 10.1. The fourth-order valence-corrected chi connectivity index (χ4v) is 1.99. The number of nitrogens with zero attached hydrogens (tertiary/aromatic N) is 2. The number of rotatable bonds is 4. The van der Waals surface area contributed by atoms with E-state index in [2.05, 4.69) is 22.0 Å². The number of nitro benzene ring substituents is 1. The molecule has 2 aromatic carbocycles. The van der Waals surface area contributed by atoms with Crippen LogP contribution in [0.3, 0.4) is 0 Å². The molecule has 6 heteroatoms. The largest absolute Gasteiger partial charge is 0.487 e. The molecular weight excluding hydrogens is 324 g/mol. The summed E-state index contributed by atoms with van der Waals surface area (Å²) < 4.78 is 6.18. The van der Waals surface area contributed by atoms with Crippen molar-refractivity contribution in [3.8, 4) is 11.8 Å². The number of hydrogen-bond acceptors (Lipinski definition) is 4. The summed E-state index contributed by atoms with van der Waals surface area (Å²) in [4.78, 5) is 10.2. The van der Waals surface area contributed by atoms with Crippen LogP contribution in [0.25, 0.3) is 0 Å². The van der Waals surface area contributed by atoms with Gasteiger partial charge < -0.3 is 4.74 Å². The molecule has 0 fully saturated rings. The molecule has 0 saturated carbocycles. The van der Waals surface area contributed by atoms with Crippen LogP contribution in [0.15, 0.2) is 46.9 Å². The minimum absolute atomic E-state index is 0.0447. The molecule has 0 aliphatic heterocycles. The zero-order valence-electron chi connectivity index (χ0n) is 10.2. The molecule has 0 aliphatic carbocycles. The highest BCUT2D eigenvalue weighted by atomic mass is 79.9. The maximum absolute atomic E-state index is 10.7. The van der Waals surface area contributed by atoms with Gasteiger partial charge in [-0.1, -0.05) is 18.2 Å². The Labute approximate surface area is 123 Å². The molecule has 0 saturated heterocycles. The van der Waals surface area contributed by atoms with E-state index in [4.69, 9.17) is 10.00 Å². The van der Waals surface area contributed by atoms with Gasteiger partial charge in [-0.05, 0) is 28.1 Å². The Kier molecular flexibility index (Phi) is 4.33. The van der Waals surface area contributed by atoms with Crippen molar-refractivity contribution in [1.29, 1.82) is 5.26 Å². The van der Waals surface area contributed by atoms with E-state index < -0.39 is 4.92 Å². The number of hydrogen-bond donors (Lipinski definition) is 0. The third-order valence-corrected chi connectivity index (χ3v) is 3.30. The highest BCUT2D eigenvalue weighted by Gasteiger charge is 2.11. The van der Waals surface area contributed by atoms with Gasteiger partial charge in [-0.2, -0.15) is 5.26 Å². The molecule has 0 aliphatic rings. The van der Waals surface area contributed by atoms with E-state index in [0.29, 0.717) is 15.8 Å². The van der Waals surface area contributed by atoms with Gasteiger partial charge >= 0.3 is 0 Å². The van der Waals surface area contributed by atoms with Gasteiger partial charge in [-0.15, -0.1) is 0 Å². The maximum Gasteiger partial charge on any atom is 0.273 e. The van der Waals surface area contributed by atoms with Gasteiger partial charge in [0.2, 0.25) is 0 Å². The second kappa shape index (κ2) is 6.17. The van der Waals surface area contributed by atoms with Crippen LogP contribution in [-0.2, 0) is 6.61 Å². The van der Waals surface area contributed by atoms with E-state index in [1.54, 1.807) is 24.3 Å². The predicted molar refractivity (Wildman–Crippen MR) is 76.3 cm³/mol. The Morgan fingerprint density at radius 1 is 1.30 bits per heavy atom. The van der Waals surface area contributed by atoms with Crippen molar-refractivity contribution in [2.75, 3.05) is 0 Å². The molecule has 0 unspecified atom stereocenters. The fourth-order valence-electron chi connectivity index (χ4n) is 1.63. The average Bonchev–Trinajstić information content (AvgIpc) is 2.46. The third kappa shape index (κ3) is 3.13. The Morgan fingerprint density at radius 2 is 2.05 bits per heavy atom. The van der Waals surface area contributed by atoms with E-state index in [9.17, 15) is 10.1 Å². The topological polar surface area (TPSA) is 76.2 Å². The summed E-state index contributed by atoms with van der Waals surface area (Å²) in [5.74, 6) is 0.368. The monoisotopic (exact) mass is 332 g/mol. The van der Waals surface area contributed by atoms with Gasteiger partial charge in [-0.25, -0.2) is 0 Å². The lowest BCUT2D eigenvalue weighted by Crippen LogP contribution is -1.99. The molecule has 2 aromatic rings. The Bertz CT molecular complexity index is 695. The molecule has 5 nitrogen and oxygen atoms in total. The number of nitriles is 1. The Balaban J connectivity index is 2.21. The van der Waals surface area contributed by atoms with Crippen LogP contribution in [-0.4, -0.2) is 4.92 Å². The summed E-state index contributed by atoms with van der Waals surface area (Å²) in [5.41, 5.74) is 1.21. The van der Waals surface area contributed by atoms with Crippen LogP contribution in [0.4, 0.5) is 5.69 Å². The smallest absolute Gasteiger partial charge is 0.273 e. The van der Waals surface area contributed by atoms with Gasteiger partial charge in [0.15, 0.2) is 0 Å². The van der Waals surface area contributed by atoms with Crippen molar-refractivity contribution in [3.05, 3.63) is 68.2 Å². The second-order valence-electron chi connectivity index (χ2n) is 3.93. The number of halogens is 1. The average molecular weight is 333 g/mol. The molecule has 0 bridgehead atoms. The van der Waals surface area contributed by atoms with Crippen LogP contribution >= 0.6 is 15.9 Å². The molecule has 0 atom stereocenters. The van der Waals surface area contributed by atoms with Crippen molar-refractivity contribution in [2.24, 2.45) is 0 Å². The van der Waals surface area contributed by atoms with Crippen LogP contribution in [0, 0.1) is 21.4 Å². The Hall–Kier alpha value is -2.39. The number of ether oxygens (including phenoxy) is 1. The Morgan fingerprint density at radius 3 is 2.75 bits per heavy atom. The van der Waals surface area contributed by atoms with Crippen molar-refractivity contribution in [2.45, 2.75) is 6.61 Å². The molecule has 0 amide bonds. The van der Waals surface area contributed by atoms with Crippen LogP contribution in [0.1, 0.15) is 11.1 Å². The first-order chi connectivity index (χ1) is 9.61. The van der Waals surface area contributed by atoms with Crippen molar-refractivity contribution in [3.63, 3.8) is 0 Å². The number of non-ortho nitro benzene ring substituents is 1. The lowest BCUT2D eigenvalue weighted by Gasteiger charge is -2.09. The number of benzene rings is 2. The summed E-state index contributed by atoms with van der Waals surface area (Å²) in [7, 11) is 0. The molecule has 0 aromatic heterocycles. The first-order valence-corrected chi connectivity index (χ1v) is 6.46. The summed E-state index contributed by atoms with van der Waals surface area (Å²) in [6.45, 7) is 0.170. The summed E-state index contributed by atoms with van der Waals surface area (Å²) >= 11 is 3.28. The molecule has 0 spiro atoms. The van der Waals surface area contributed by atoms with E-state index >= 15 is 0 Å². The molecule has 2 rings (SSSR count). The summed E-state index contributed by atoms with van der Waals surface area (Å²) in [6, 6.07) is 13.4. The molecular formula is C14H9BrN2O3. The standard InChI is InChI=1S/C14H9BrN2O3/c15-13-6-5-12(17(18)19)7-14(13)20-9-11-4-2-1-3-10(11)8-16/h1-7H,9H2. The SMILES string of the molecule is N#Cc1ccccc1COc1cc([N+](=O)[O-])ccc1Br. The van der Waals surface area contributed by atoms with Crippen molar-refractivity contribution >= 4 is 21.6 Å². The minimum atomic E-state index is -0.484. The van der Waals surface area contributed by atoms with E-state index in [1.807, 2.05) is 6.07 Å². The highest BCUT2D eigenvalue weighted by molar-refractivity contribution is 9.10.